The molecule has 1 fully saturated rings. The van der Waals surface area contributed by atoms with Gasteiger partial charge >= 0.3 is 5.97 Å². The molecule has 34 heavy (non-hydrogen) atoms. The van der Waals surface area contributed by atoms with Crippen molar-refractivity contribution in [2.24, 2.45) is 0 Å². The van der Waals surface area contributed by atoms with Crippen molar-refractivity contribution >= 4 is 29.1 Å². The van der Waals surface area contributed by atoms with E-state index in [0.29, 0.717) is 36.1 Å². The van der Waals surface area contributed by atoms with Crippen LogP contribution < -0.4 is 4.74 Å². The smallest absolute Gasteiger partial charge is 0.303 e. The molecule has 178 valence electrons. The summed E-state index contributed by atoms with van der Waals surface area (Å²) < 4.78 is 5.11. The number of hydrogen-bond donors (Lipinski definition) is 2. The maximum absolute atomic E-state index is 13.0. The highest BCUT2D eigenvalue weighted by Gasteiger charge is 2.45. The summed E-state index contributed by atoms with van der Waals surface area (Å²) in [6, 6.07) is 10.8. The van der Waals surface area contributed by atoms with Crippen LogP contribution in [-0.4, -0.2) is 51.4 Å². The van der Waals surface area contributed by atoms with Crippen molar-refractivity contribution in [3.63, 3.8) is 0 Å². The van der Waals surface area contributed by atoms with E-state index in [-0.39, 0.29) is 30.0 Å². The van der Waals surface area contributed by atoms with Crippen molar-refractivity contribution in [3.8, 4) is 5.75 Å². The van der Waals surface area contributed by atoms with Gasteiger partial charge in [-0.2, -0.15) is 0 Å². The van der Waals surface area contributed by atoms with Crippen LogP contribution in [0.4, 0.5) is 5.69 Å². The highest BCUT2D eigenvalue weighted by molar-refractivity contribution is 6.46. The quantitative estimate of drug-likeness (QED) is 0.134. The number of carboxylic acids is 1. The molecule has 0 spiro atoms. The molecule has 3 rings (SSSR count). The lowest BCUT2D eigenvalue weighted by Crippen LogP contribution is -2.30. The van der Waals surface area contributed by atoms with Gasteiger partial charge in [-0.1, -0.05) is 6.42 Å². The van der Waals surface area contributed by atoms with Gasteiger partial charge in [0.25, 0.3) is 17.4 Å². The third-order valence-corrected chi connectivity index (χ3v) is 5.61. The second-order valence-corrected chi connectivity index (χ2v) is 7.77. The normalized spacial score (nSPS) is 17.1. The molecule has 10 nitrogen and oxygen atoms in total. The van der Waals surface area contributed by atoms with Crippen molar-refractivity contribution in [1.82, 2.24) is 4.90 Å². The maximum Gasteiger partial charge on any atom is 0.303 e. The predicted molar refractivity (Wildman–Crippen MR) is 121 cm³/mol. The first-order chi connectivity index (χ1) is 16.2. The number of nitrogens with zero attached hydrogens (tertiary/aromatic N) is 2. The van der Waals surface area contributed by atoms with Crippen LogP contribution in [0.1, 0.15) is 42.9 Å². The minimum atomic E-state index is -0.942. The first kappa shape index (κ1) is 24.4. The first-order valence-corrected chi connectivity index (χ1v) is 10.6. The van der Waals surface area contributed by atoms with Crippen molar-refractivity contribution in [2.45, 2.75) is 31.7 Å². The number of benzene rings is 2. The molecule has 0 bridgehead atoms. The third-order valence-electron chi connectivity index (χ3n) is 5.61. The van der Waals surface area contributed by atoms with Gasteiger partial charge in [0.15, 0.2) is 0 Å². The molecule has 10 heteroatoms. The number of rotatable bonds is 10. The topological polar surface area (TPSA) is 147 Å². The number of unbranched alkanes of at least 4 members (excludes halogenated alkanes) is 2. The van der Waals surface area contributed by atoms with Crippen LogP contribution in [0.2, 0.25) is 0 Å². The average Bonchev–Trinajstić information content (AvgIpc) is 3.08. The molecule has 0 radical (unpaired) electrons. The molecule has 1 atom stereocenters. The Labute approximate surface area is 195 Å². The fraction of sp³-hybridized carbons (Fsp3) is 0.292. The molecule has 1 aliphatic heterocycles. The summed E-state index contributed by atoms with van der Waals surface area (Å²) in [5.74, 6) is -2.38. The Bertz CT molecular complexity index is 1120. The summed E-state index contributed by atoms with van der Waals surface area (Å²) in [5, 5.41) is 30.8. The molecule has 1 amide bonds. The SMILES string of the molecule is COc1ccc(/C(O)=C2/C(=O)C(=O)N(CCCCCC(=O)O)C2c2ccc([N+](=O)[O-])cc2)cc1. The molecule has 2 aromatic rings. The Morgan fingerprint density at radius 2 is 1.68 bits per heavy atom. The molecule has 2 aromatic carbocycles. The summed E-state index contributed by atoms with van der Waals surface area (Å²) in [5.41, 5.74) is 0.483. The van der Waals surface area contributed by atoms with Gasteiger partial charge in [-0.15, -0.1) is 0 Å². The van der Waals surface area contributed by atoms with Crippen LogP contribution in [0, 0.1) is 10.1 Å². The summed E-state index contributed by atoms with van der Waals surface area (Å²) in [6.07, 6.45) is 1.41. The van der Waals surface area contributed by atoms with E-state index in [4.69, 9.17) is 9.84 Å². The monoisotopic (exact) mass is 468 g/mol. The van der Waals surface area contributed by atoms with E-state index in [0.717, 1.165) is 0 Å². The largest absolute Gasteiger partial charge is 0.507 e. The summed E-state index contributed by atoms with van der Waals surface area (Å²) in [7, 11) is 1.49. The molecule has 2 N–H and O–H groups in total. The van der Waals surface area contributed by atoms with Crippen LogP contribution in [0.3, 0.4) is 0 Å². The van der Waals surface area contributed by atoms with Crippen molar-refractivity contribution in [3.05, 3.63) is 75.3 Å². The minimum absolute atomic E-state index is 0.00205. The average molecular weight is 468 g/mol. The fourth-order valence-corrected chi connectivity index (χ4v) is 3.88. The van der Waals surface area contributed by atoms with Gasteiger partial charge in [-0.3, -0.25) is 24.5 Å². The molecule has 1 heterocycles. The second-order valence-electron chi connectivity index (χ2n) is 7.77. The van der Waals surface area contributed by atoms with Crippen molar-refractivity contribution in [1.29, 1.82) is 0 Å². The molecule has 0 aromatic heterocycles. The number of likely N-dealkylation sites (tertiary alicyclic amines) is 1. The van der Waals surface area contributed by atoms with E-state index >= 15 is 0 Å². The summed E-state index contributed by atoms with van der Waals surface area (Å²) in [4.78, 5) is 48.4. The number of aliphatic hydroxyl groups excluding tert-OH is 1. The fourth-order valence-electron chi connectivity index (χ4n) is 3.88. The Morgan fingerprint density at radius 1 is 1.03 bits per heavy atom. The number of ether oxygens (including phenoxy) is 1. The van der Waals surface area contributed by atoms with Crippen LogP contribution in [-0.2, 0) is 14.4 Å². The van der Waals surface area contributed by atoms with E-state index in [1.807, 2.05) is 0 Å². The van der Waals surface area contributed by atoms with Gasteiger partial charge in [0.05, 0.1) is 23.6 Å². The molecular formula is C24H24N2O8. The van der Waals surface area contributed by atoms with Crippen molar-refractivity contribution in [2.75, 3.05) is 13.7 Å². The number of non-ortho nitro benzene ring substituents is 1. The molecule has 0 saturated carbocycles. The molecular weight excluding hydrogens is 444 g/mol. The number of methoxy groups -OCH3 is 1. The lowest BCUT2D eigenvalue weighted by atomic mass is 9.95. The minimum Gasteiger partial charge on any atom is -0.507 e. The highest BCUT2D eigenvalue weighted by Crippen LogP contribution is 2.40. The standard InChI is InChI=1S/C24H24N2O8/c1-34-18-12-8-16(9-13-18)22(29)20-21(15-6-10-17(11-7-15)26(32)33)25(24(31)23(20)30)14-4-2-3-5-19(27)28/h6-13,21,29H,2-5,14H2,1H3,(H,27,28)/b22-20-. The number of amides is 1. The van der Waals surface area contributed by atoms with Gasteiger partial charge in [-0.25, -0.2) is 0 Å². The molecule has 1 unspecified atom stereocenters. The van der Waals surface area contributed by atoms with Crippen molar-refractivity contribution < 1.29 is 34.3 Å². The van der Waals surface area contributed by atoms with E-state index in [1.54, 1.807) is 24.3 Å². The van der Waals surface area contributed by atoms with Gasteiger partial charge in [0.2, 0.25) is 0 Å². The predicted octanol–water partition coefficient (Wildman–Crippen LogP) is 3.67. The Morgan fingerprint density at radius 3 is 2.24 bits per heavy atom. The van der Waals surface area contributed by atoms with E-state index < -0.39 is 28.6 Å². The van der Waals surface area contributed by atoms with Crippen LogP contribution in [0.5, 0.6) is 5.75 Å². The highest BCUT2D eigenvalue weighted by atomic mass is 16.6. The zero-order valence-corrected chi connectivity index (χ0v) is 18.5. The summed E-state index contributed by atoms with van der Waals surface area (Å²) >= 11 is 0. The second kappa shape index (κ2) is 10.6. The number of hydrogen-bond acceptors (Lipinski definition) is 7. The number of aliphatic carboxylic acids is 1. The third kappa shape index (κ3) is 5.22. The lowest BCUT2D eigenvalue weighted by molar-refractivity contribution is -0.384. The van der Waals surface area contributed by atoms with Gasteiger partial charge in [0.1, 0.15) is 11.5 Å². The number of carbonyl (C=O) groups is 3. The van der Waals surface area contributed by atoms with Gasteiger partial charge in [0, 0.05) is 30.7 Å². The molecule has 1 aliphatic rings. The lowest BCUT2D eigenvalue weighted by Gasteiger charge is -2.25. The number of aliphatic hydroxyl groups is 1. The Kier molecular flexibility index (Phi) is 7.62. The maximum atomic E-state index is 13.0. The number of carboxylic acid groups (broad SMARTS) is 1. The Balaban J connectivity index is 1.99. The number of carbonyl (C=O) groups excluding carboxylic acids is 2. The zero-order valence-electron chi connectivity index (χ0n) is 18.5. The number of Topliss-reactive ketones (excluding diaryl/α,β-unsaturated/α-hetero) is 1. The Hall–Kier alpha value is -4.21. The van der Waals surface area contributed by atoms with Crippen LogP contribution >= 0.6 is 0 Å². The van der Waals surface area contributed by atoms with Gasteiger partial charge < -0.3 is 19.8 Å². The molecule has 0 aliphatic carbocycles. The number of nitro benzene ring substituents is 1. The van der Waals surface area contributed by atoms with E-state index in [2.05, 4.69) is 0 Å². The van der Waals surface area contributed by atoms with E-state index in [9.17, 15) is 29.6 Å². The van der Waals surface area contributed by atoms with E-state index in [1.165, 1.54) is 36.3 Å². The zero-order chi connectivity index (χ0) is 24.8. The van der Waals surface area contributed by atoms with Crippen LogP contribution in [0.25, 0.3) is 5.76 Å². The van der Waals surface area contributed by atoms with Gasteiger partial charge in [-0.05, 0) is 54.8 Å². The van der Waals surface area contributed by atoms with Crippen LogP contribution in [0.15, 0.2) is 54.1 Å². The first-order valence-electron chi connectivity index (χ1n) is 10.6. The number of nitro groups is 1. The summed E-state index contributed by atoms with van der Waals surface area (Å²) in [6.45, 7) is 0.158. The number of ketones is 1. The molecule has 1 saturated heterocycles.